The minimum atomic E-state index is -4.60. The van der Waals surface area contributed by atoms with Gasteiger partial charge in [0, 0.05) is 37.2 Å². The van der Waals surface area contributed by atoms with Gasteiger partial charge >= 0.3 is 6.18 Å². The Hall–Kier alpha value is -3.14. The summed E-state index contributed by atoms with van der Waals surface area (Å²) in [5.74, 6) is 0.331. The highest BCUT2D eigenvalue weighted by molar-refractivity contribution is 5.96. The first-order chi connectivity index (χ1) is 16.0. The van der Waals surface area contributed by atoms with Gasteiger partial charge in [0.1, 0.15) is 5.82 Å². The Balaban J connectivity index is 1.65. The highest BCUT2D eigenvalue weighted by Crippen LogP contribution is 2.37. The summed E-state index contributed by atoms with van der Waals surface area (Å²) in [6.45, 7) is 11.8. The predicted octanol–water partition coefficient (Wildman–Crippen LogP) is 4.54. The first-order valence-electron chi connectivity index (χ1n) is 11.3. The van der Waals surface area contributed by atoms with Crippen molar-refractivity contribution >= 4 is 23.1 Å². The molecule has 1 N–H and O–H groups in total. The normalized spacial score (nSPS) is 15.7. The molecule has 4 rings (SSSR count). The second-order valence-electron chi connectivity index (χ2n) is 9.50. The van der Waals surface area contributed by atoms with Crippen molar-refractivity contribution in [3.05, 3.63) is 42.1 Å². The summed E-state index contributed by atoms with van der Waals surface area (Å²) in [4.78, 5) is 21.5. The average Bonchev–Trinajstić information content (AvgIpc) is 3.21. The van der Waals surface area contributed by atoms with Gasteiger partial charge in [-0.25, -0.2) is 9.50 Å². The second kappa shape index (κ2) is 8.90. The van der Waals surface area contributed by atoms with Crippen LogP contribution < -0.4 is 10.2 Å². The number of benzene rings is 1. The first kappa shape index (κ1) is 24.0. The zero-order chi connectivity index (χ0) is 24.7. The van der Waals surface area contributed by atoms with Crippen LogP contribution in [-0.4, -0.2) is 58.1 Å². The number of hydrogen-bond acceptors (Lipinski definition) is 5. The number of nitrogens with one attached hydrogen (secondary N) is 1. The molecule has 2 aromatic heterocycles. The summed E-state index contributed by atoms with van der Waals surface area (Å²) in [5, 5.41) is 7.11. The van der Waals surface area contributed by atoms with E-state index in [1.807, 2.05) is 12.1 Å². The summed E-state index contributed by atoms with van der Waals surface area (Å²) < 4.78 is 42.4. The smallest absolute Gasteiger partial charge is 0.353 e. The van der Waals surface area contributed by atoms with Crippen molar-refractivity contribution in [2.75, 3.05) is 42.9 Å². The van der Waals surface area contributed by atoms with Crippen molar-refractivity contribution < 1.29 is 18.0 Å². The molecule has 1 aliphatic rings. The molecule has 1 saturated heterocycles. The van der Waals surface area contributed by atoms with E-state index in [4.69, 9.17) is 0 Å². The number of piperazine rings is 1. The molecular formula is C24H29F3N6O. The number of carbonyl (C=O) groups excluding carboxylic acids is 1. The Morgan fingerprint density at radius 2 is 1.76 bits per heavy atom. The van der Waals surface area contributed by atoms with E-state index >= 15 is 0 Å². The maximum atomic E-state index is 13.6. The molecule has 1 fully saturated rings. The fourth-order valence-corrected chi connectivity index (χ4v) is 3.84. The van der Waals surface area contributed by atoms with Gasteiger partial charge in [0.25, 0.3) is 0 Å². The summed E-state index contributed by atoms with van der Waals surface area (Å²) in [7, 11) is 0. The average molecular weight is 475 g/mol. The van der Waals surface area contributed by atoms with Crippen molar-refractivity contribution in [3.63, 3.8) is 0 Å². The zero-order valence-electron chi connectivity index (χ0n) is 19.8. The number of alkyl halides is 3. The van der Waals surface area contributed by atoms with Crippen LogP contribution in [0.15, 0.2) is 36.5 Å². The van der Waals surface area contributed by atoms with Gasteiger partial charge in [-0.1, -0.05) is 33.8 Å². The van der Waals surface area contributed by atoms with Gasteiger partial charge in [-0.3, -0.25) is 4.79 Å². The number of rotatable bonds is 4. The summed E-state index contributed by atoms with van der Waals surface area (Å²) in [6.07, 6.45) is -2.91. The Labute approximate surface area is 196 Å². The van der Waals surface area contributed by atoms with E-state index in [0.29, 0.717) is 16.9 Å². The second-order valence-corrected chi connectivity index (χ2v) is 9.50. The first-order valence-corrected chi connectivity index (χ1v) is 11.3. The number of halogens is 3. The van der Waals surface area contributed by atoms with E-state index in [2.05, 4.69) is 32.1 Å². The number of fused-ring (bicyclic) bond motifs is 1. The molecule has 1 aromatic carbocycles. The van der Waals surface area contributed by atoms with Crippen molar-refractivity contribution in [2.24, 2.45) is 5.41 Å². The third-order valence-electron chi connectivity index (χ3n) is 6.00. The van der Waals surface area contributed by atoms with E-state index in [-0.39, 0.29) is 5.69 Å². The van der Waals surface area contributed by atoms with Gasteiger partial charge in [-0.2, -0.15) is 13.2 Å². The Morgan fingerprint density at radius 3 is 2.38 bits per heavy atom. The van der Waals surface area contributed by atoms with E-state index in [1.54, 1.807) is 31.5 Å². The topological polar surface area (TPSA) is 65.8 Å². The lowest BCUT2D eigenvalue weighted by atomic mass is 9.95. The van der Waals surface area contributed by atoms with E-state index in [1.165, 1.54) is 12.1 Å². The molecule has 0 spiro atoms. The Morgan fingerprint density at radius 1 is 1.06 bits per heavy atom. The summed E-state index contributed by atoms with van der Waals surface area (Å²) in [6, 6.07) is 7.42. The monoisotopic (exact) mass is 474 g/mol. The minimum Gasteiger partial charge on any atom is -0.353 e. The largest absolute Gasteiger partial charge is 0.418 e. The predicted molar refractivity (Wildman–Crippen MR) is 126 cm³/mol. The molecule has 7 nitrogen and oxygen atoms in total. The van der Waals surface area contributed by atoms with Gasteiger partial charge in [-0.15, -0.1) is 5.10 Å². The summed E-state index contributed by atoms with van der Waals surface area (Å²) in [5.41, 5.74) is -0.508. The molecule has 0 atom stereocenters. The van der Waals surface area contributed by atoms with Crippen molar-refractivity contribution in [1.29, 1.82) is 0 Å². The van der Waals surface area contributed by atoms with Crippen molar-refractivity contribution in [3.8, 4) is 11.3 Å². The maximum absolute atomic E-state index is 13.6. The molecule has 1 aliphatic heterocycles. The minimum absolute atomic E-state index is 0.288. The van der Waals surface area contributed by atoms with Crippen LogP contribution in [0.25, 0.3) is 16.9 Å². The number of likely N-dealkylation sites (N-methyl/N-ethyl adjacent to an activating group) is 1. The van der Waals surface area contributed by atoms with E-state index in [0.717, 1.165) is 44.6 Å². The number of imidazole rings is 1. The molecule has 0 aliphatic carbocycles. The molecule has 3 aromatic rings. The van der Waals surface area contributed by atoms with E-state index in [9.17, 15) is 18.0 Å². The van der Waals surface area contributed by atoms with Gasteiger partial charge in [-0.05, 0) is 30.8 Å². The lowest BCUT2D eigenvalue weighted by molar-refractivity contribution is -0.137. The Kier molecular flexibility index (Phi) is 6.28. The lowest BCUT2D eigenvalue weighted by Gasteiger charge is -2.34. The number of hydrogen-bond donors (Lipinski definition) is 1. The fourth-order valence-electron chi connectivity index (χ4n) is 3.84. The van der Waals surface area contributed by atoms with Crippen LogP contribution in [0.5, 0.6) is 0 Å². The fraction of sp³-hybridized carbons (Fsp3) is 0.458. The molecular weight excluding hydrogens is 445 g/mol. The number of anilines is 2. The van der Waals surface area contributed by atoms with Crippen LogP contribution in [0.1, 0.15) is 33.3 Å². The molecule has 3 heterocycles. The van der Waals surface area contributed by atoms with Crippen molar-refractivity contribution in [2.45, 2.75) is 33.9 Å². The van der Waals surface area contributed by atoms with Crippen LogP contribution in [-0.2, 0) is 11.0 Å². The van der Waals surface area contributed by atoms with Gasteiger partial charge in [0.2, 0.25) is 5.91 Å². The van der Waals surface area contributed by atoms with Crippen LogP contribution >= 0.6 is 0 Å². The number of aromatic nitrogens is 3. The number of amides is 1. The van der Waals surface area contributed by atoms with Crippen LogP contribution in [0.3, 0.4) is 0 Å². The lowest BCUT2D eigenvalue weighted by Crippen LogP contribution is -2.46. The third-order valence-corrected chi connectivity index (χ3v) is 6.00. The SMILES string of the molecule is CCN1CCN(c2ccc3nc(-c4ccc(C(F)(F)F)c(NC(=O)C(C)(C)C)c4)cn3n2)CC1. The molecule has 0 saturated carbocycles. The highest BCUT2D eigenvalue weighted by atomic mass is 19.4. The van der Waals surface area contributed by atoms with Gasteiger partial charge in [0.15, 0.2) is 5.65 Å². The standard InChI is InChI=1S/C24H29F3N6O/c1-5-31-10-12-32(13-11-31)21-9-8-20-28-19(15-33(20)30-21)16-6-7-17(24(25,26)27)18(14-16)29-22(34)23(2,3)4/h6-9,14-15H,5,10-13H2,1-4H3,(H,29,34). The molecule has 34 heavy (non-hydrogen) atoms. The third kappa shape index (κ3) is 5.01. The molecule has 10 heteroatoms. The number of carbonyl (C=O) groups is 1. The van der Waals surface area contributed by atoms with E-state index < -0.39 is 23.1 Å². The molecule has 0 bridgehead atoms. The zero-order valence-corrected chi connectivity index (χ0v) is 19.8. The van der Waals surface area contributed by atoms with Crippen LogP contribution in [0.4, 0.5) is 24.7 Å². The molecule has 1 amide bonds. The van der Waals surface area contributed by atoms with Crippen LogP contribution in [0.2, 0.25) is 0 Å². The van der Waals surface area contributed by atoms with Crippen molar-refractivity contribution in [1.82, 2.24) is 19.5 Å². The Bertz CT molecular complexity index is 1190. The van der Waals surface area contributed by atoms with Crippen LogP contribution in [0, 0.1) is 5.41 Å². The van der Waals surface area contributed by atoms with Gasteiger partial charge in [0.05, 0.1) is 23.1 Å². The highest BCUT2D eigenvalue weighted by Gasteiger charge is 2.35. The number of nitrogens with zero attached hydrogens (tertiary/aromatic N) is 5. The van der Waals surface area contributed by atoms with Gasteiger partial charge < -0.3 is 15.1 Å². The molecule has 0 radical (unpaired) electrons. The summed E-state index contributed by atoms with van der Waals surface area (Å²) >= 11 is 0. The molecule has 0 unspecified atom stereocenters. The maximum Gasteiger partial charge on any atom is 0.418 e. The molecule has 182 valence electrons. The quantitative estimate of drug-likeness (QED) is 0.602.